The van der Waals surface area contributed by atoms with Crippen molar-refractivity contribution < 1.29 is 0 Å². The largest absolute Gasteiger partial charge is 0.334 e. The number of hydrogen-bond acceptors (Lipinski definition) is 1. The highest BCUT2D eigenvalue weighted by atomic mass is 15.2. The van der Waals surface area contributed by atoms with Gasteiger partial charge in [-0.15, -0.1) is 0 Å². The lowest BCUT2D eigenvalue weighted by Crippen LogP contribution is -2.30. The highest BCUT2D eigenvalue weighted by Gasteiger charge is 2.23. The van der Waals surface area contributed by atoms with E-state index in [9.17, 15) is 0 Å². The van der Waals surface area contributed by atoms with E-state index < -0.39 is 0 Å². The molecule has 222 valence electrons. The Morgan fingerprint density at radius 2 is 1.04 bits per heavy atom. The molecule has 1 atom stereocenters. The fourth-order valence-corrected chi connectivity index (χ4v) is 7.58. The van der Waals surface area contributed by atoms with Gasteiger partial charge in [0.2, 0.25) is 0 Å². The molecule has 0 aromatic heterocycles. The first kappa shape index (κ1) is 27.4. The smallest absolute Gasteiger partial charge is 0.0565 e. The Hall–Kier alpha value is -5.92. The zero-order chi connectivity index (χ0) is 31.2. The predicted molar refractivity (Wildman–Crippen MR) is 202 cm³/mol. The van der Waals surface area contributed by atoms with Gasteiger partial charge in [0.1, 0.15) is 0 Å². The Morgan fingerprint density at radius 1 is 0.426 bits per heavy atom. The van der Waals surface area contributed by atoms with E-state index in [1.165, 1.54) is 76.7 Å². The summed E-state index contributed by atoms with van der Waals surface area (Å²) in [7, 11) is 0. The summed E-state index contributed by atoms with van der Waals surface area (Å²) in [5, 5.41) is 10.4. The second kappa shape index (κ2) is 11.5. The molecule has 0 spiro atoms. The van der Waals surface area contributed by atoms with Crippen molar-refractivity contribution in [1.82, 2.24) is 0 Å². The highest BCUT2D eigenvalue weighted by Crippen LogP contribution is 2.40. The number of allylic oxidation sites excluding steroid dienone is 2. The molecule has 8 aromatic rings. The van der Waals surface area contributed by atoms with Crippen LogP contribution >= 0.6 is 0 Å². The number of rotatable bonds is 5. The molecule has 1 aliphatic carbocycles. The van der Waals surface area contributed by atoms with Gasteiger partial charge >= 0.3 is 0 Å². The topological polar surface area (TPSA) is 3.24 Å². The molecule has 1 aliphatic rings. The molecule has 1 heteroatoms. The molecular formula is C46H33N. The molecule has 0 saturated carbocycles. The van der Waals surface area contributed by atoms with Gasteiger partial charge in [0, 0.05) is 11.4 Å². The van der Waals surface area contributed by atoms with Crippen LogP contribution < -0.4 is 4.90 Å². The Labute approximate surface area is 275 Å². The summed E-state index contributed by atoms with van der Waals surface area (Å²) < 4.78 is 0. The number of fused-ring (bicyclic) bond motifs is 6. The Kier molecular flexibility index (Phi) is 6.68. The summed E-state index contributed by atoms with van der Waals surface area (Å²) >= 11 is 0. The van der Waals surface area contributed by atoms with Gasteiger partial charge < -0.3 is 4.90 Å². The number of anilines is 2. The molecule has 8 aromatic carbocycles. The molecule has 1 unspecified atom stereocenters. The summed E-state index contributed by atoms with van der Waals surface area (Å²) in [6.07, 6.45) is 7.82. The van der Waals surface area contributed by atoms with E-state index in [-0.39, 0.29) is 6.04 Å². The second-order valence-corrected chi connectivity index (χ2v) is 12.5. The average molecular weight is 600 g/mol. The third kappa shape index (κ3) is 4.80. The standard InChI is InChI=1S/C46H33N/c1-2-15-37(16-3-1)47(38-28-25-34(26-29-38)41-20-9-13-32-11-4-6-18-40(32)41)39-17-8-14-36(31-39)42-21-10-22-45-44(42)30-27-35-24-23-33-12-5-7-19-43(33)46(35)45/h1-30,39H,31H2. The molecule has 0 aliphatic heterocycles. The van der Waals surface area contributed by atoms with Gasteiger partial charge in [-0.2, -0.15) is 0 Å². The number of para-hydroxylation sites is 1. The van der Waals surface area contributed by atoms with Crippen molar-refractivity contribution in [1.29, 1.82) is 0 Å². The van der Waals surface area contributed by atoms with Crippen LogP contribution in [-0.2, 0) is 0 Å². The van der Waals surface area contributed by atoms with Crippen molar-refractivity contribution in [3.63, 3.8) is 0 Å². The summed E-state index contributed by atoms with van der Waals surface area (Å²) in [4.78, 5) is 2.49. The number of benzene rings is 8. The lowest BCUT2D eigenvalue weighted by atomic mass is 9.88. The van der Waals surface area contributed by atoms with Crippen LogP contribution in [0, 0.1) is 0 Å². The van der Waals surface area contributed by atoms with Crippen LogP contribution in [0.4, 0.5) is 11.4 Å². The first-order chi connectivity index (χ1) is 23.3. The fourth-order valence-electron chi connectivity index (χ4n) is 7.58. The lowest BCUT2D eigenvalue weighted by molar-refractivity contribution is 0.796. The molecule has 1 nitrogen and oxygen atoms in total. The van der Waals surface area contributed by atoms with Crippen LogP contribution in [0.1, 0.15) is 12.0 Å². The van der Waals surface area contributed by atoms with Crippen LogP contribution in [0.15, 0.2) is 182 Å². The van der Waals surface area contributed by atoms with E-state index in [4.69, 9.17) is 0 Å². The van der Waals surface area contributed by atoms with E-state index in [0.717, 1.165) is 6.42 Å². The second-order valence-electron chi connectivity index (χ2n) is 12.5. The Bertz CT molecular complexity index is 2480. The molecule has 0 amide bonds. The molecule has 0 bridgehead atoms. The zero-order valence-corrected chi connectivity index (χ0v) is 26.1. The quantitative estimate of drug-likeness (QED) is 0.178. The SMILES string of the molecule is C1=CC(N(c2ccccc2)c2ccc(-c3cccc4ccccc34)cc2)CC(c2cccc3c2ccc2ccc4ccccc4c23)=C1. The van der Waals surface area contributed by atoms with Gasteiger partial charge in [-0.25, -0.2) is 0 Å². The van der Waals surface area contributed by atoms with Crippen LogP contribution in [0.25, 0.3) is 59.8 Å². The lowest BCUT2D eigenvalue weighted by Gasteiger charge is -2.34. The van der Waals surface area contributed by atoms with Crippen molar-refractivity contribution in [3.05, 3.63) is 188 Å². The van der Waals surface area contributed by atoms with E-state index in [1.54, 1.807) is 0 Å². The molecular weight excluding hydrogens is 567 g/mol. The van der Waals surface area contributed by atoms with E-state index in [0.29, 0.717) is 0 Å². The third-order valence-electron chi connectivity index (χ3n) is 9.78. The molecule has 0 fully saturated rings. The maximum Gasteiger partial charge on any atom is 0.0565 e. The van der Waals surface area contributed by atoms with Crippen molar-refractivity contribution in [2.45, 2.75) is 12.5 Å². The zero-order valence-electron chi connectivity index (χ0n) is 26.1. The summed E-state index contributed by atoms with van der Waals surface area (Å²) in [6, 6.07) is 59.9. The fraction of sp³-hybridized carbons (Fsp3) is 0.0435. The molecule has 47 heavy (non-hydrogen) atoms. The van der Waals surface area contributed by atoms with Gasteiger partial charge in [0.25, 0.3) is 0 Å². The van der Waals surface area contributed by atoms with Gasteiger partial charge in [-0.3, -0.25) is 0 Å². The Morgan fingerprint density at radius 3 is 1.89 bits per heavy atom. The van der Waals surface area contributed by atoms with Crippen LogP contribution in [0.5, 0.6) is 0 Å². The van der Waals surface area contributed by atoms with Crippen molar-refractivity contribution in [2.24, 2.45) is 0 Å². The summed E-state index contributed by atoms with van der Waals surface area (Å²) in [6.45, 7) is 0. The monoisotopic (exact) mass is 599 g/mol. The average Bonchev–Trinajstić information content (AvgIpc) is 3.15. The Balaban J connectivity index is 1.11. The van der Waals surface area contributed by atoms with E-state index in [1.807, 2.05) is 0 Å². The van der Waals surface area contributed by atoms with E-state index >= 15 is 0 Å². The van der Waals surface area contributed by atoms with Gasteiger partial charge in [-0.1, -0.05) is 158 Å². The maximum absolute atomic E-state index is 2.49. The van der Waals surface area contributed by atoms with Crippen LogP contribution in [0.2, 0.25) is 0 Å². The van der Waals surface area contributed by atoms with Crippen molar-refractivity contribution in [3.8, 4) is 11.1 Å². The van der Waals surface area contributed by atoms with Gasteiger partial charge in [0.15, 0.2) is 0 Å². The number of hydrogen-bond donors (Lipinski definition) is 0. The van der Waals surface area contributed by atoms with E-state index in [2.05, 4.69) is 187 Å². The number of nitrogens with zero attached hydrogens (tertiary/aromatic N) is 1. The predicted octanol–water partition coefficient (Wildman–Crippen LogP) is 12.5. The minimum Gasteiger partial charge on any atom is -0.334 e. The van der Waals surface area contributed by atoms with Gasteiger partial charge in [-0.05, 0) is 96.0 Å². The van der Waals surface area contributed by atoms with Crippen molar-refractivity contribution in [2.75, 3.05) is 4.90 Å². The maximum atomic E-state index is 2.49. The first-order valence-corrected chi connectivity index (χ1v) is 16.5. The molecule has 0 radical (unpaired) electrons. The molecule has 0 saturated heterocycles. The van der Waals surface area contributed by atoms with Crippen molar-refractivity contribution >= 4 is 60.0 Å². The molecule has 0 N–H and O–H groups in total. The molecule has 0 heterocycles. The van der Waals surface area contributed by atoms with Crippen LogP contribution in [-0.4, -0.2) is 6.04 Å². The minimum absolute atomic E-state index is 0.164. The highest BCUT2D eigenvalue weighted by molar-refractivity contribution is 6.21. The third-order valence-corrected chi connectivity index (χ3v) is 9.78. The molecule has 9 rings (SSSR count). The van der Waals surface area contributed by atoms with Gasteiger partial charge in [0.05, 0.1) is 6.04 Å². The van der Waals surface area contributed by atoms with Crippen LogP contribution in [0.3, 0.4) is 0 Å². The summed E-state index contributed by atoms with van der Waals surface area (Å²) in [5.41, 5.74) is 7.54. The minimum atomic E-state index is 0.164. The summed E-state index contributed by atoms with van der Waals surface area (Å²) in [5.74, 6) is 0. The normalized spacial score (nSPS) is 14.6. The first-order valence-electron chi connectivity index (χ1n) is 16.5.